The van der Waals surface area contributed by atoms with Crippen molar-refractivity contribution < 1.29 is 29.3 Å². The molecule has 0 radical (unpaired) electrons. The summed E-state index contributed by atoms with van der Waals surface area (Å²) in [7, 11) is 0. The van der Waals surface area contributed by atoms with Gasteiger partial charge in [-0.3, -0.25) is 14.5 Å². The molecular weight excluding hydrogens is 640 g/mol. The molecular formula is C43H56N2O6. The molecule has 3 fully saturated rings. The number of aliphatic hydroxyl groups excluding tert-OH is 1. The Balaban J connectivity index is 1.12. The van der Waals surface area contributed by atoms with Crippen LogP contribution in [0.25, 0.3) is 11.1 Å². The fourth-order valence-electron chi connectivity index (χ4n) is 9.06. The van der Waals surface area contributed by atoms with E-state index in [1.54, 1.807) is 0 Å². The van der Waals surface area contributed by atoms with Crippen LogP contribution in [-0.4, -0.2) is 52.2 Å². The van der Waals surface area contributed by atoms with Crippen LogP contribution < -0.4 is 5.32 Å². The Morgan fingerprint density at radius 1 is 0.863 bits per heavy atom. The number of carbonyl (C=O) groups excluding carboxylic acids is 1. The lowest BCUT2D eigenvalue weighted by Crippen LogP contribution is -2.42. The number of carbonyl (C=O) groups is 2. The molecule has 5 atom stereocenters. The molecule has 0 spiro atoms. The molecule has 2 saturated heterocycles. The van der Waals surface area contributed by atoms with Crippen LogP contribution >= 0.6 is 0 Å². The number of benzene rings is 3. The van der Waals surface area contributed by atoms with Crippen molar-refractivity contribution in [2.24, 2.45) is 10.8 Å². The quantitative estimate of drug-likeness (QED) is 0.137. The van der Waals surface area contributed by atoms with E-state index in [0.717, 1.165) is 72.2 Å². The van der Waals surface area contributed by atoms with E-state index in [-0.39, 0.29) is 31.1 Å². The van der Waals surface area contributed by atoms with Gasteiger partial charge in [-0.2, -0.15) is 0 Å². The van der Waals surface area contributed by atoms with Gasteiger partial charge in [0.1, 0.15) is 0 Å². The zero-order chi connectivity index (χ0) is 36.0. The van der Waals surface area contributed by atoms with E-state index in [2.05, 4.69) is 79.5 Å². The normalized spacial score (nSPS) is 25.8. The molecule has 1 aliphatic carbocycles. The van der Waals surface area contributed by atoms with Crippen molar-refractivity contribution in [2.75, 3.05) is 13.1 Å². The van der Waals surface area contributed by atoms with Gasteiger partial charge in [0.25, 0.3) is 0 Å². The van der Waals surface area contributed by atoms with Gasteiger partial charge >= 0.3 is 5.97 Å². The van der Waals surface area contributed by atoms with Crippen LogP contribution in [0.5, 0.6) is 0 Å². The minimum atomic E-state index is -0.769. The van der Waals surface area contributed by atoms with Gasteiger partial charge < -0.3 is 25.0 Å². The summed E-state index contributed by atoms with van der Waals surface area (Å²) in [5.74, 6) is -0.760. The van der Waals surface area contributed by atoms with Crippen LogP contribution in [0, 0.1) is 10.8 Å². The Morgan fingerprint density at radius 3 is 2.29 bits per heavy atom. The van der Waals surface area contributed by atoms with Gasteiger partial charge in [-0.25, -0.2) is 0 Å². The highest BCUT2D eigenvalue weighted by Gasteiger charge is 2.50. The van der Waals surface area contributed by atoms with Gasteiger partial charge in [0, 0.05) is 50.5 Å². The lowest BCUT2D eigenvalue weighted by molar-refractivity contribution is -0.253. The summed E-state index contributed by atoms with van der Waals surface area (Å²) in [6.45, 7) is 9.77. The van der Waals surface area contributed by atoms with Gasteiger partial charge in [0.2, 0.25) is 5.91 Å². The van der Waals surface area contributed by atoms with Gasteiger partial charge in [-0.1, -0.05) is 106 Å². The van der Waals surface area contributed by atoms with Crippen LogP contribution in [-0.2, 0) is 32.2 Å². The number of hydrogen-bond donors (Lipinski definition) is 3. The lowest BCUT2D eigenvalue weighted by Gasteiger charge is -2.41. The SMILES string of the molecule is CC1(C)CC2CC(C)(CN2C[C@H]2C[C@@H](c3ccc(CO)cc3)O[C@@H](c3ccc(-c4ccccc4CNC(=O)CCCCCCC(=O)O)cc3)O2)C1. The second kappa shape index (κ2) is 16.4. The van der Waals surface area contributed by atoms with E-state index in [9.17, 15) is 14.7 Å². The average Bonchev–Trinajstić information content (AvgIpc) is 3.35. The zero-order valence-electron chi connectivity index (χ0n) is 30.6. The molecule has 1 saturated carbocycles. The number of hydrogen-bond acceptors (Lipinski definition) is 6. The number of aliphatic hydroxyl groups is 1. The molecule has 51 heavy (non-hydrogen) atoms. The van der Waals surface area contributed by atoms with Gasteiger partial charge in [-0.05, 0) is 70.8 Å². The van der Waals surface area contributed by atoms with Crippen molar-refractivity contribution in [1.82, 2.24) is 10.2 Å². The van der Waals surface area contributed by atoms with E-state index >= 15 is 0 Å². The Kier molecular flexibility index (Phi) is 12.0. The molecule has 8 nitrogen and oxygen atoms in total. The van der Waals surface area contributed by atoms with E-state index in [4.69, 9.17) is 14.6 Å². The van der Waals surface area contributed by atoms with Crippen LogP contribution in [0.1, 0.15) is 120 Å². The first kappa shape index (κ1) is 37.2. The molecule has 3 aromatic carbocycles. The second-order valence-corrected chi connectivity index (χ2v) is 16.4. The Morgan fingerprint density at radius 2 is 1.57 bits per heavy atom. The van der Waals surface area contributed by atoms with Crippen molar-refractivity contribution in [3.8, 4) is 11.1 Å². The van der Waals surface area contributed by atoms with E-state index in [1.807, 2.05) is 24.3 Å². The first-order valence-corrected chi connectivity index (χ1v) is 18.9. The van der Waals surface area contributed by atoms with Crippen molar-refractivity contribution in [1.29, 1.82) is 0 Å². The molecule has 2 unspecified atom stereocenters. The summed E-state index contributed by atoms with van der Waals surface area (Å²) in [5.41, 5.74) is 6.86. The number of carboxylic acids is 1. The number of likely N-dealkylation sites (tertiary alicyclic amines) is 1. The van der Waals surface area contributed by atoms with Gasteiger partial charge in [0.05, 0.1) is 18.8 Å². The molecule has 2 bridgehead atoms. The topological polar surface area (TPSA) is 108 Å². The fourth-order valence-corrected chi connectivity index (χ4v) is 9.06. The zero-order valence-corrected chi connectivity index (χ0v) is 30.6. The molecule has 274 valence electrons. The van der Waals surface area contributed by atoms with Crippen LogP contribution in [0.3, 0.4) is 0 Å². The minimum Gasteiger partial charge on any atom is -0.481 e. The maximum absolute atomic E-state index is 12.6. The van der Waals surface area contributed by atoms with Crippen LogP contribution in [0.15, 0.2) is 72.8 Å². The van der Waals surface area contributed by atoms with Crippen molar-refractivity contribution in [3.63, 3.8) is 0 Å². The molecule has 3 aliphatic rings. The van der Waals surface area contributed by atoms with Gasteiger partial charge in [-0.15, -0.1) is 0 Å². The fraction of sp³-hybridized carbons (Fsp3) is 0.535. The number of nitrogens with one attached hydrogen (secondary N) is 1. The highest BCUT2D eigenvalue weighted by molar-refractivity contribution is 5.76. The maximum Gasteiger partial charge on any atom is 0.303 e. The molecule has 1 amide bonds. The number of nitrogens with zero attached hydrogens (tertiary/aromatic N) is 1. The summed E-state index contributed by atoms with van der Waals surface area (Å²) < 4.78 is 13.5. The molecule has 8 heteroatoms. The van der Waals surface area contributed by atoms with Crippen molar-refractivity contribution in [2.45, 2.75) is 123 Å². The Bertz CT molecular complexity index is 1620. The van der Waals surface area contributed by atoms with Gasteiger partial charge in [0.15, 0.2) is 6.29 Å². The second-order valence-electron chi connectivity index (χ2n) is 16.4. The summed E-state index contributed by atoms with van der Waals surface area (Å²) >= 11 is 0. The van der Waals surface area contributed by atoms with Crippen LogP contribution in [0.2, 0.25) is 0 Å². The average molecular weight is 697 g/mol. The highest BCUT2D eigenvalue weighted by Crippen LogP contribution is 2.53. The molecule has 3 N–H and O–H groups in total. The van der Waals surface area contributed by atoms with Crippen LogP contribution in [0.4, 0.5) is 0 Å². The molecule has 6 rings (SSSR count). The Hall–Kier alpha value is -3.56. The summed E-state index contributed by atoms with van der Waals surface area (Å²) in [6.07, 6.45) is 7.63. The van der Waals surface area contributed by atoms with Crippen molar-refractivity contribution >= 4 is 11.9 Å². The third-order valence-corrected chi connectivity index (χ3v) is 11.1. The number of carboxylic acid groups (broad SMARTS) is 1. The third kappa shape index (κ3) is 9.86. The largest absolute Gasteiger partial charge is 0.481 e. The van der Waals surface area contributed by atoms with E-state index in [0.29, 0.717) is 36.3 Å². The number of rotatable bonds is 15. The smallest absolute Gasteiger partial charge is 0.303 e. The summed E-state index contributed by atoms with van der Waals surface area (Å²) in [6, 6.07) is 25.3. The highest BCUT2D eigenvalue weighted by atomic mass is 16.7. The number of unbranched alkanes of at least 4 members (excludes halogenated alkanes) is 3. The monoisotopic (exact) mass is 696 g/mol. The summed E-state index contributed by atoms with van der Waals surface area (Å²) in [5, 5.41) is 21.5. The number of aliphatic carboxylic acids is 1. The van der Waals surface area contributed by atoms with E-state index in [1.165, 1.54) is 19.3 Å². The molecule has 0 aromatic heterocycles. The number of fused-ring (bicyclic) bond motifs is 2. The minimum absolute atomic E-state index is 0.00953. The first-order valence-electron chi connectivity index (χ1n) is 18.9. The molecule has 3 aromatic rings. The number of amides is 1. The number of ether oxygens (including phenoxy) is 2. The predicted molar refractivity (Wildman–Crippen MR) is 199 cm³/mol. The predicted octanol–water partition coefficient (Wildman–Crippen LogP) is 8.33. The molecule has 2 aliphatic heterocycles. The van der Waals surface area contributed by atoms with Crippen molar-refractivity contribution in [3.05, 3.63) is 95.1 Å². The third-order valence-electron chi connectivity index (χ3n) is 11.1. The first-order chi connectivity index (χ1) is 24.5. The maximum atomic E-state index is 12.6. The Labute approximate surface area is 303 Å². The van der Waals surface area contributed by atoms with E-state index < -0.39 is 12.3 Å². The molecule has 2 heterocycles. The summed E-state index contributed by atoms with van der Waals surface area (Å²) in [4.78, 5) is 26.0. The lowest BCUT2D eigenvalue weighted by atomic mass is 9.65. The standard InChI is InChI=1S/C43H56N2O6/c1-42(2)23-35-24-43(3,28-42)29-45(35)26-36-22-38(32-16-14-30(27-46)15-17-32)51-41(50-36)33-20-18-31(19-21-33)37-11-9-8-10-34(37)25-44-39(47)12-6-4-5-7-13-40(48)49/h8-11,14-21,35-36,38,41,46H,4-7,12-13,22-29H2,1-3H3,(H,44,47)(H,48,49)/t35?,36-,38+,41+,43?/m1/s1.